The molecule has 0 amide bonds. The van der Waals surface area contributed by atoms with E-state index in [1.807, 2.05) is 6.07 Å². The fraction of sp³-hybridized carbons (Fsp3) is 0.500. The average molecular weight is 235 g/mol. The summed E-state index contributed by atoms with van der Waals surface area (Å²) in [5.74, 6) is 1.23. The Balaban J connectivity index is 3.17. The van der Waals surface area contributed by atoms with Crippen molar-refractivity contribution in [3.63, 3.8) is 0 Å². The molecule has 0 aliphatic carbocycles. The summed E-state index contributed by atoms with van der Waals surface area (Å²) in [6.45, 7) is 7.04. The minimum atomic E-state index is 0.230. The quantitative estimate of drug-likeness (QED) is 0.795. The van der Waals surface area contributed by atoms with Crippen molar-refractivity contribution in [3.05, 3.63) is 23.3 Å². The van der Waals surface area contributed by atoms with E-state index in [4.69, 9.17) is 4.74 Å². The first kappa shape index (κ1) is 13.6. The number of hydrogen-bond acceptors (Lipinski definition) is 3. The number of phenols is 1. The fourth-order valence-corrected chi connectivity index (χ4v) is 1.65. The molecule has 0 aromatic heterocycles. The van der Waals surface area contributed by atoms with Crippen LogP contribution in [0, 0.1) is 0 Å². The smallest absolute Gasteiger partial charge is 0.128 e. The number of benzene rings is 1. The molecule has 0 unspecified atom stereocenters. The van der Waals surface area contributed by atoms with E-state index in [0.29, 0.717) is 11.7 Å². The summed E-state index contributed by atoms with van der Waals surface area (Å²) in [6, 6.07) is 3.58. The van der Waals surface area contributed by atoms with E-state index in [1.165, 1.54) is 0 Å². The number of aliphatic imine (C=N–C) groups is 1. The summed E-state index contributed by atoms with van der Waals surface area (Å²) in [5.41, 5.74) is 1.86. The molecular weight excluding hydrogens is 214 g/mol. The van der Waals surface area contributed by atoms with E-state index < -0.39 is 0 Å². The Morgan fingerprint density at radius 3 is 2.65 bits per heavy atom. The Morgan fingerprint density at radius 1 is 1.41 bits per heavy atom. The monoisotopic (exact) mass is 235 g/mol. The van der Waals surface area contributed by atoms with E-state index in [1.54, 1.807) is 19.4 Å². The normalized spacial score (nSPS) is 11.4. The van der Waals surface area contributed by atoms with Gasteiger partial charge < -0.3 is 9.84 Å². The zero-order valence-corrected chi connectivity index (χ0v) is 11.0. The number of rotatable bonds is 5. The molecule has 0 radical (unpaired) electrons. The standard InChI is InChI=1S/C14H21NO2/c1-5-6-15-9-13-12(10(2)3)7-11(17-4)8-14(13)16/h7-10,16H,5-6H2,1-4H3. The zero-order valence-electron chi connectivity index (χ0n) is 11.0. The van der Waals surface area contributed by atoms with Crippen LogP contribution in [0.2, 0.25) is 0 Å². The third-order valence-corrected chi connectivity index (χ3v) is 2.59. The molecule has 3 nitrogen and oxygen atoms in total. The minimum absolute atomic E-state index is 0.230. The summed E-state index contributed by atoms with van der Waals surface area (Å²) in [5, 5.41) is 9.98. The van der Waals surface area contributed by atoms with Gasteiger partial charge in [0.25, 0.3) is 0 Å². The maximum absolute atomic E-state index is 9.98. The summed E-state index contributed by atoms with van der Waals surface area (Å²) in [4.78, 5) is 4.29. The van der Waals surface area contributed by atoms with Crippen LogP contribution >= 0.6 is 0 Å². The van der Waals surface area contributed by atoms with Gasteiger partial charge in [0.05, 0.1) is 7.11 Å². The molecule has 1 aromatic carbocycles. The molecule has 1 rings (SSSR count). The highest BCUT2D eigenvalue weighted by molar-refractivity contribution is 5.86. The van der Waals surface area contributed by atoms with Gasteiger partial charge in [0.2, 0.25) is 0 Å². The lowest BCUT2D eigenvalue weighted by Gasteiger charge is -2.13. The number of methoxy groups -OCH3 is 1. The molecule has 17 heavy (non-hydrogen) atoms. The molecule has 0 atom stereocenters. The van der Waals surface area contributed by atoms with Crippen molar-refractivity contribution < 1.29 is 9.84 Å². The minimum Gasteiger partial charge on any atom is -0.507 e. The summed E-state index contributed by atoms with van der Waals surface area (Å²) < 4.78 is 5.16. The second-order valence-electron chi connectivity index (χ2n) is 4.34. The first-order valence-electron chi connectivity index (χ1n) is 6.00. The van der Waals surface area contributed by atoms with Crippen molar-refractivity contribution in [2.24, 2.45) is 4.99 Å². The third kappa shape index (κ3) is 3.48. The number of hydrogen-bond donors (Lipinski definition) is 1. The van der Waals surface area contributed by atoms with Gasteiger partial charge in [-0.05, 0) is 24.0 Å². The largest absolute Gasteiger partial charge is 0.507 e. The predicted molar refractivity (Wildman–Crippen MR) is 71.5 cm³/mol. The SMILES string of the molecule is CCCN=Cc1c(O)cc(OC)cc1C(C)C. The van der Waals surface area contributed by atoms with Crippen LogP contribution in [-0.2, 0) is 0 Å². The van der Waals surface area contributed by atoms with Crippen LogP contribution in [0.15, 0.2) is 17.1 Å². The van der Waals surface area contributed by atoms with Crippen LogP contribution < -0.4 is 4.74 Å². The highest BCUT2D eigenvalue weighted by atomic mass is 16.5. The highest BCUT2D eigenvalue weighted by Gasteiger charge is 2.11. The van der Waals surface area contributed by atoms with Crippen molar-refractivity contribution in [2.45, 2.75) is 33.1 Å². The molecule has 0 aliphatic heterocycles. The molecule has 0 saturated heterocycles. The van der Waals surface area contributed by atoms with E-state index in [-0.39, 0.29) is 5.75 Å². The molecule has 0 spiro atoms. The molecule has 1 aromatic rings. The Kier molecular flexibility index (Phi) is 5.01. The maximum Gasteiger partial charge on any atom is 0.128 e. The van der Waals surface area contributed by atoms with Crippen LogP contribution in [0.3, 0.4) is 0 Å². The number of ether oxygens (including phenoxy) is 1. The third-order valence-electron chi connectivity index (χ3n) is 2.59. The van der Waals surface area contributed by atoms with Gasteiger partial charge in [-0.15, -0.1) is 0 Å². The van der Waals surface area contributed by atoms with Gasteiger partial charge in [-0.25, -0.2) is 0 Å². The summed E-state index contributed by atoms with van der Waals surface area (Å²) in [6.07, 6.45) is 2.76. The molecule has 3 heteroatoms. The van der Waals surface area contributed by atoms with Crippen LogP contribution in [-0.4, -0.2) is 25.0 Å². The van der Waals surface area contributed by atoms with Gasteiger partial charge in [-0.3, -0.25) is 4.99 Å². The molecule has 0 heterocycles. The molecule has 0 bridgehead atoms. The number of nitrogens with zero attached hydrogens (tertiary/aromatic N) is 1. The molecular formula is C14H21NO2. The van der Waals surface area contributed by atoms with Crippen molar-refractivity contribution in [2.75, 3.05) is 13.7 Å². The lowest BCUT2D eigenvalue weighted by Crippen LogP contribution is -1.98. The molecule has 1 N–H and O–H groups in total. The first-order valence-corrected chi connectivity index (χ1v) is 6.00. The molecule has 0 aliphatic rings. The van der Waals surface area contributed by atoms with Crippen LogP contribution in [0.5, 0.6) is 11.5 Å². The van der Waals surface area contributed by atoms with Crippen molar-refractivity contribution >= 4 is 6.21 Å². The Bertz CT molecular complexity index is 397. The van der Waals surface area contributed by atoms with Gasteiger partial charge in [0.15, 0.2) is 0 Å². The fourth-order valence-electron chi connectivity index (χ4n) is 1.65. The van der Waals surface area contributed by atoms with Crippen LogP contribution in [0.4, 0.5) is 0 Å². The van der Waals surface area contributed by atoms with Crippen LogP contribution in [0.1, 0.15) is 44.2 Å². The Hall–Kier alpha value is -1.51. The van der Waals surface area contributed by atoms with Gasteiger partial charge in [0, 0.05) is 24.4 Å². The second-order valence-corrected chi connectivity index (χ2v) is 4.34. The van der Waals surface area contributed by atoms with Gasteiger partial charge in [-0.2, -0.15) is 0 Å². The zero-order chi connectivity index (χ0) is 12.8. The van der Waals surface area contributed by atoms with E-state index in [0.717, 1.165) is 24.1 Å². The van der Waals surface area contributed by atoms with Crippen molar-refractivity contribution in [1.29, 1.82) is 0 Å². The van der Waals surface area contributed by atoms with Crippen molar-refractivity contribution in [1.82, 2.24) is 0 Å². The van der Waals surface area contributed by atoms with Gasteiger partial charge in [-0.1, -0.05) is 20.8 Å². The topological polar surface area (TPSA) is 41.8 Å². The first-order chi connectivity index (χ1) is 8.10. The number of aromatic hydroxyl groups is 1. The predicted octanol–water partition coefficient (Wildman–Crippen LogP) is 3.35. The highest BCUT2D eigenvalue weighted by Crippen LogP contribution is 2.31. The lowest BCUT2D eigenvalue weighted by molar-refractivity contribution is 0.406. The lowest BCUT2D eigenvalue weighted by atomic mass is 9.96. The van der Waals surface area contributed by atoms with Gasteiger partial charge in [0.1, 0.15) is 11.5 Å². The average Bonchev–Trinajstić information content (AvgIpc) is 2.30. The van der Waals surface area contributed by atoms with E-state index in [2.05, 4.69) is 25.8 Å². The van der Waals surface area contributed by atoms with Crippen molar-refractivity contribution in [3.8, 4) is 11.5 Å². The van der Waals surface area contributed by atoms with Crippen LogP contribution in [0.25, 0.3) is 0 Å². The maximum atomic E-state index is 9.98. The van der Waals surface area contributed by atoms with Gasteiger partial charge >= 0.3 is 0 Å². The summed E-state index contributed by atoms with van der Waals surface area (Å²) in [7, 11) is 1.60. The second kappa shape index (κ2) is 6.28. The van der Waals surface area contributed by atoms with E-state index in [9.17, 15) is 5.11 Å². The van der Waals surface area contributed by atoms with E-state index >= 15 is 0 Å². The Labute approximate surface area is 103 Å². The molecule has 0 fully saturated rings. The Morgan fingerprint density at radius 2 is 2.12 bits per heavy atom. The number of phenolic OH excluding ortho intramolecular Hbond substituents is 1. The summed E-state index contributed by atoms with van der Waals surface area (Å²) >= 11 is 0. The molecule has 94 valence electrons. The molecule has 0 saturated carbocycles.